The first-order valence-corrected chi connectivity index (χ1v) is 9.14. The molecule has 1 aromatic heterocycles. The molecule has 1 saturated heterocycles. The van der Waals surface area contributed by atoms with Gasteiger partial charge in [0.2, 0.25) is 0 Å². The molecule has 136 valence electrons. The van der Waals surface area contributed by atoms with Crippen LogP contribution in [0.25, 0.3) is 0 Å². The topological polar surface area (TPSA) is 72.1 Å². The van der Waals surface area contributed by atoms with Crippen LogP contribution in [-0.4, -0.2) is 30.0 Å². The summed E-state index contributed by atoms with van der Waals surface area (Å²) in [6.45, 7) is 1.75. The summed E-state index contributed by atoms with van der Waals surface area (Å²) in [4.78, 5) is -0.322. The van der Waals surface area contributed by atoms with Crippen LogP contribution >= 0.6 is 0 Å². The molecule has 1 aliphatic rings. The molecule has 2 aromatic rings. The van der Waals surface area contributed by atoms with Crippen LogP contribution in [0.3, 0.4) is 0 Å². The van der Waals surface area contributed by atoms with Gasteiger partial charge in [-0.05, 0) is 38.0 Å². The second-order valence-electron chi connectivity index (χ2n) is 6.32. The molecule has 2 unspecified atom stereocenters. The maximum Gasteiger partial charge on any atom is 0.416 e. The first kappa shape index (κ1) is 17.9. The minimum Gasteiger partial charge on any atom is -0.373 e. The highest BCUT2D eigenvalue weighted by molar-refractivity contribution is 7.92. The van der Waals surface area contributed by atoms with Crippen molar-refractivity contribution in [1.82, 2.24) is 10.2 Å². The summed E-state index contributed by atoms with van der Waals surface area (Å²) >= 11 is 0. The maximum absolute atomic E-state index is 13.1. The number of sulfone groups is 1. The van der Waals surface area contributed by atoms with E-state index in [1.54, 1.807) is 19.3 Å². The highest BCUT2D eigenvalue weighted by Gasteiger charge is 2.45. The lowest BCUT2D eigenvalue weighted by atomic mass is 9.94. The number of hydrogen-bond acceptors (Lipinski definition) is 4. The lowest BCUT2D eigenvalue weighted by Crippen LogP contribution is -2.42. The predicted molar refractivity (Wildman–Crippen MR) is 83.5 cm³/mol. The van der Waals surface area contributed by atoms with Crippen LogP contribution in [-0.2, 0) is 20.8 Å². The molecule has 5 nitrogen and oxygen atoms in total. The molecule has 1 aliphatic heterocycles. The molecule has 9 heteroatoms. The first-order valence-electron chi connectivity index (χ1n) is 7.66. The maximum atomic E-state index is 13.1. The quantitative estimate of drug-likeness (QED) is 0.892. The minimum absolute atomic E-state index is 0.144. The Morgan fingerprint density at radius 1 is 1.36 bits per heavy atom. The molecule has 1 N–H and O–H groups in total. The van der Waals surface area contributed by atoms with Crippen molar-refractivity contribution >= 4 is 9.84 Å². The second kappa shape index (κ2) is 6.14. The lowest BCUT2D eigenvalue weighted by Gasteiger charge is -2.37. The highest BCUT2D eigenvalue weighted by Crippen LogP contribution is 2.42. The number of hydrogen-bond donors (Lipinski definition) is 1. The highest BCUT2D eigenvalue weighted by atomic mass is 32.2. The molecule has 0 aliphatic carbocycles. The summed E-state index contributed by atoms with van der Waals surface area (Å²) in [6, 6.07) is 3.88. The van der Waals surface area contributed by atoms with Crippen LogP contribution in [0.1, 0.15) is 37.0 Å². The molecular weight excluding hydrogens is 357 g/mol. The fraction of sp³-hybridized carbons (Fsp3) is 0.438. The zero-order valence-electron chi connectivity index (χ0n) is 13.4. The first-order chi connectivity index (χ1) is 11.6. The molecule has 0 radical (unpaired) electrons. The van der Waals surface area contributed by atoms with Crippen molar-refractivity contribution in [3.05, 3.63) is 47.8 Å². The van der Waals surface area contributed by atoms with Crippen molar-refractivity contribution in [2.75, 3.05) is 6.61 Å². The van der Waals surface area contributed by atoms with Gasteiger partial charge in [-0.2, -0.15) is 18.3 Å². The Morgan fingerprint density at radius 2 is 2.12 bits per heavy atom. The van der Waals surface area contributed by atoms with Crippen LogP contribution in [0.5, 0.6) is 0 Å². The molecular formula is C16H17F3N2O3S. The van der Waals surface area contributed by atoms with Gasteiger partial charge >= 0.3 is 6.18 Å². The fourth-order valence-electron chi connectivity index (χ4n) is 2.99. The summed E-state index contributed by atoms with van der Waals surface area (Å²) in [6.07, 6.45) is -1.55. The fourth-order valence-corrected chi connectivity index (χ4v) is 4.82. The average molecular weight is 374 g/mol. The molecule has 0 spiro atoms. The van der Waals surface area contributed by atoms with Crippen molar-refractivity contribution in [3.63, 3.8) is 0 Å². The van der Waals surface area contributed by atoms with E-state index >= 15 is 0 Å². The number of rotatable bonds is 3. The van der Waals surface area contributed by atoms with Crippen molar-refractivity contribution < 1.29 is 26.3 Å². The van der Waals surface area contributed by atoms with Crippen LogP contribution in [0.4, 0.5) is 13.2 Å². The van der Waals surface area contributed by atoms with E-state index in [4.69, 9.17) is 4.74 Å². The number of halogens is 3. The number of ether oxygens (including phenoxy) is 1. The third-order valence-corrected chi connectivity index (χ3v) is 7.12. The Balaban J connectivity index is 1.96. The molecule has 2 heterocycles. The Hall–Kier alpha value is -1.87. The minimum atomic E-state index is -4.60. The standard InChI is InChI=1S/C16H17F3N2O3S/c1-15(5-6-24-14(8-15)11-9-20-21-10-11)25(22,23)13-4-2-3-12(7-13)16(17,18)19/h2-4,7,9-10,14H,5-6,8H2,1H3,(H,20,21). The number of nitrogens with one attached hydrogen (secondary N) is 1. The van der Waals surface area contributed by atoms with Gasteiger partial charge in [-0.3, -0.25) is 5.10 Å². The molecule has 2 atom stereocenters. The summed E-state index contributed by atoms with van der Waals surface area (Å²) in [5.74, 6) is 0. The summed E-state index contributed by atoms with van der Waals surface area (Å²) in [5, 5.41) is 6.47. The van der Waals surface area contributed by atoms with Gasteiger partial charge in [0.15, 0.2) is 9.84 Å². The van der Waals surface area contributed by atoms with Gasteiger partial charge in [0.05, 0.1) is 27.5 Å². The Bertz CT molecular complexity index is 850. The van der Waals surface area contributed by atoms with Crippen molar-refractivity contribution in [3.8, 4) is 0 Å². The lowest BCUT2D eigenvalue weighted by molar-refractivity contribution is -0.137. The SMILES string of the molecule is CC1(S(=O)(=O)c2cccc(C(F)(F)F)c2)CCOC(c2cn[nH]c2)C1. The Labute approximate surface area is 143 Å². The number of H-pyrrole nitrogens is 1. The van der Waals surface area contributed by atoms with E-state index in [2.05, 4.69) is 10.2 Å². The number of aromatic nitrogens is 2. The molecule has 1 aromatic carbocycles. The monoisotopic (exact) mass is 374 g/mol. The van der Waals surface area contributed by atoms with Gasteiger partial charge in [0.1, 0.15) is 0 Å². The number of benzene rings is 1. The van der Waals surface area contributed by atoms with Gasteiger partial charge in [-0.25, -0.2) is 8.42 Å². The number of aromatic amines is 1. The van der Waals surface area contributed by atoms with E-state index in [-0.39, 0.29) is 24.3 Å². The predicted octanol–water partition coefficient (Wildman–Crippen LogP) is 3.51. The largest absolute Gasteiger partial charge is 0.416 e. The van der Waals surface area contributed by atoms with Gasteiger partial charge in [-0.15, -0.1) is 0 Å². The zero-order chi connectivity index (χ0) is 18.3. The summed E-state index contributed by atoms with van der Waals surface area (Å²) in [7, 11) is -3.98. The van der Waals surface area contributed by atoms with E-state index in [1.807, 2.05) is 0 Å². The van der Waals surface area contributed by atoms with Crippen LogP contribution in [0.2, 0.25) is 0 Å². The van der Waals surface area contributed by atoms with Crippen molar-refractivity contribution in [2.24, 2.45) is 0 Å². The van der Waals surface area contributed by atoms with E-state index < -0.39 is 32.4 Å². The Kier molecular flexibility index (Phi) is 4.40. The van der Waals surface area contributed by atoms with E-state index in [1.165, 1.54) is 6.07 Å². The van der Waals surface area contributed by atoms with Crippen LogP contribution in [0, 0.1) is 0 Å². The average Bonchev–Trinajstić information content (AvgIpc) is 3.08. The summed E-state index contributed by atoms with van der Waals surface area (Å²) < 4.78 is 69.3. The van der Waals surface area contributed by atoms with Gasteiger partial charge in [0.25, 0.3) is 0 Å². The van der Waals surface area contributed by atoms with Gasteiger partial charge < -0.3 is 4.74 Å². The molecule has 25 heavy (non-hydrogen) atoms. The second-order valence-corrected chi connectivity index (χ2v) is 8.79. The zero-order valence-corrected chi connectivity index (χ0v) is 14.2. The molecule has 3 rings (SSSR count). The molecule has 1 fully saturated rings. The smallest absolute Gasteiger partial charge is 0.373 e. The van der Waals surface area contributed by atoms with E-state index in [0.717, 1.165) is 12.1 Å². The number of nitrogens with zero attached hydrogens (tertiary/aromatic N) is 1. The van der Waals surface area contributed by atoms with Gasteiger partial charge in [-0.1, -0.05) is 6.07 Å². The normalized spacial score (nSPS) is 25.0. The van der Waals surface area contributed by atoms with Crippen molar-refractivity contribution in [1.29, 1.82) is 0 Å². The number of alkyl halides is 3. The molecule has 0 amide bonds. The molecule has 0 bridgehead atoms. The van der Waals surface area contributed by atoms with Crippen LogP contribution < -0.4 is 0 Å². The van der Waals surface area contributed by atoms with Gasteiger partial charge in [0, 0.05) is 18.4 Å². The third-order valence-electron chi connectivity index (χ3n) is 4.58. The van der Waals surface area contributed by atoms with Crippen LogP contribution in [0.15, 0.2) is 41.6 Å². The molecule has 0 saturated carbocycles. The van der Waals surface area contributed by atoms with Crippen molar-refractivity contribution in [2.45, 2.75) is 41.7 Å². The third kappa shape index (κ3) is 3.30. The van der Waals surface area contributed by atoms with E-state index in [0.29, 0.717) is 11.6 Å². The summed E-state index contributed by atoms with van der Waals surface area (Å²) in [5.41, 5.74) is -0.263. The Morgan fingerprint density at radius 3 is 2.76 bits per heavy atom. The van der Waals surface area contributed by atoms with E-state index in [9.17, 15) is 21.6 Å².